The Morgan fingerprint density at radius 2 is 1.33 bits per heavy atom. The number of carbonyl (C=O) groups is 6. The third-order valence-electron chi connectivity index (χ3n) is 8.17. The van der Waals surface area contributed by atoms with Crippen LogP contribution in [0.1, 0.15) is 32.3 Å². The molecule has 0 radical (unpaired) electrons. The zero-order valence-corrected chi connectivity index (χ0v) is 32.5. The number of amides is 5. The van der Waals surface area contributed by atoms with Gasteiger partial charge >= 0.3 is 36.7 Å². The van der Waals surface area contributed by atoms with Gasteiger partial charge in [-0.25, -0.2) is 19.3 Å². The molecule has 0 bridgehead atoms. The number of hydrogen-bond donors (Lipinski definition) is 4. The highest BCUT2D eigenvalue weighted by Crippen LogP contribution is 2.38. The normalized spacial score (nSPS) is 17.0. The minimum Gasteiger partial charge on any atom is -0.475 e. The van der Waals surface area contributed by atoms with Crippen LogP contribution in [0.4, 0.5) is 55.7 Å². The Morgan fingerprint density at radius 1 is 0.833 bits per heavy atom. The van der Waals surface area contributed by atoms with Crippen molar-refractivity contribution in [3.63, 3.8) is 0 Å². The number of nitrogens with one attached hydrogen (secondary N) is 1. The van der Waals surface area contributed by atoms with Crippen LogP contribution in [-0.4, -0.2) is 141 Å². The lowest BCUT2D eigenvalue weighted by Gasteiger charge is -2.27. The molecule has 3 fully saturated rings. The molecule has 5 N–H and O–H groups in total. The van der Waals surface area contributed by atoms with Crippen LogP contribution in [0, 0.1) is 0 Å². The lowest BCUT2D eigenvalue weighted by Crippen LogP contribution is -2.43. The number of benzene rings is 1. The van der Waals surface area contributed by atoms with Crippen molar-refractivity contribution in [1.82, 2.24) is 19.7 Å². The summed E-state index contributed by atoms with van der Waals surface area (Å²) in [7, 11) is 0. The molecule has 5 amide bonds. The molecular weight excluding hydrogens is 853 g/mol. The van der Waals surface area contributed by atoms with Crippen LogP contribution < -0.4 is 20.7 Å². The van der Waals surface area contributed by atoms with Gasteiger partial charge in [0.05, 0.1) is 24.5 Å². The van der Waals surface area contributed by atoms with Crippen molar-refractivity contribution in [3.8, 4) is 5.75 Å². The number of carbonyl (C=O) groups excluding carboxylic acids is 4. The zero-order chi connectivity index (χ0) is 45.6. The van der Waals surface area contributed by atoms with E-state index < -0.39 is 59.8 Å². The van der Waals surface area contributed by atoms with Gasteiger partial charge in [0, 0.05) is 43.5 Å². The van der Waals surface area contributed by atoms with Gasteiger partial charge in [-0.2, -0.15) is 38.1 Å². The Morgan fingerprint density at radius 3 is 1.80 bits per heavy atom. The fraction of sp³-hybridized carbons (Fsp3) is 0.500. The van der Waals surface area contributed by atoms with Gasteiger partial charge in [0.25, 0.3) is 5.91 Å². The number of pyridine rings is 1. The summed E-state index contributed by atoms with van der Waals surface area (Å²) in [5.41, 5.74) is 4.29. The molecule has 0 unspecified atom stereocenters. The maximum absolute atomic E-state index is 13.3. The first kappa shape index (κ1) is 50.8. The molecule has 0 saturated carbocycles. The van der Waals surface area contributed by atoms with Crippen molar-refractivity contribution in [2.24, 2.45) is 5.73 Å². The molecule has 3 aliphatic rings. The Bertz CT molecular complexity index is 1780. The van der Waals surface area contributed by atoms with Gasteiger partial charge in [0.1, 0.15) is 5.54 Å². The molecule has 16 nitrogen and oxygen atoms in total. The molecule has 4 heterocycles. The number of halogens is 9. The van der Waals surface area contributed by atoms with E-state index in [9.17, 15) is 58.7 Å². The molecule has 0 atom stereocenters. The summed E-state index contributed by atoms with van der Waals surface area (Å²) >= 11 is 1.93. The molecule has 3 saturated heterocycles. The fourth-order valence-electron chi connectivity index (χ4n) is 5.28. The summed E-state index contributed by atoms with van der Waals surface area (Å²) in [6, 6.07) is 6.10. The fourth-order valence-corrected chi connectivity index (χ4v) is 6.26. The topological polar surface area (TPSA) is 216 Å². The van der Waals surface area contributed by atoms with Gasteiger partial charge in [0.15, 0.2) is 5.75 Å². The molecule has 1 aromatic carbocycles. The number of urea groups is 1. The number of primary amides is 1. The predicted octanol–water partition coefficient (Wildman–Crippen LogP) is 4.55. The number of likely N-dealkylation sites (tertiary alicyclic amines) is 1. The van der Waals surface area contributed by atoms with E-state index in [-0.39, 0.29) is 30.4 Å². The smallest absolute Gasteiger partial charge is 0.475 e. The van der Waals surface area contributed by atoms with Crippen LogP contribution in [0.5, 0.6) is 5.75 Å². The number of nitrogens with two attached hydrogens (primary N) is 1. The molecule has 2 aromatic rings. The summed E-state index contributed by atoms with van der Waals surface area (Å²) < 4.78 is 107. The number of hydrogen-bond acceptors (Lipinski definition) is 11. The van der Waals surface area contributed by atoms with E-state index in [1.807, 2.05) is 16.7 Å². The highest BCUT2D eigenvalue weighted by atomic mass is 32.2. The Balaban J connectivity index is 0.000000417. The van der Waals surface area contributed by atoms with Gasteiger partial charge < -0.3 is 30.9 Å². The average Bonchev–Trinajstić information content (AvgIpc) is 3.69. The van der Waals surface area contributed by atoms with Crippen LogP contribution in [-0.2, 0) is 30.5 Å². The van der Waals surface area contributed by atoms with E-state index >= 15 is 0 Å². The molecule has 60 heavy (non-hydrogen) atoms. The number of anilines is 2. The minimum atomic E-state index is -5.08. The number of aromatic nitrogens is 1. The molecule has 3 aliphatic heterocycles. The summed E-state index contributed by atoms with van der Waals surface area (Å²) in [6.07, 6.45) is -10.2. The van der Waals surface area contributed by atoms with Crippen LogP contribution >= 0.6 is 11.8 Å². The van der Waals surface area contributed by atoms with E-state index in [4.69, 9.17) is 25.5 Å². The number of ether oxygens (including phenoxy) is 1. The summed E-state index contributed by atoms with van der Waals surface area (Å²) in [5.74, 6) is -5.19. The molecule has 5 rings (SSSR count). The number of carboxylic acids is 2. The van der Waals surface area contributed by atoms with Gasteiger partial charge in [-0.1, -0.05) is 0 Å². The van der Waals surface area contributed by atoms with Crippen LogP contribution in [0.15, 0.2) is 42.7 Å². The molecular formula is C34H40F9N7O9S. The lowest BCUT2D eigenvalue weighted by atomic mass is 10.0. The van der Waals surface area contributed by atoms with E-state index in [2.05, 4.69) is 19.9 Å². The maximum Gasteiger partial charge on any atom is 0.573 e. The number of imide groups is 1. The van der Waals surface area contributed by atoms with E-state index in [0.717, 1.165) is 73.1 Å². The van der Waals surface area contributed by atoms with Crippen molar-refractivity contribution >= 4 is 58.8 Å². The van der Waals surface area contributed by atoms with Crippen LogP contribution in [0.25, 0.3) is 0 Å². The van der Waals surface area contributed by atoms with Gasteiger partial charge in [-0.15, -0.1) is 13.2 Å². The zero-order valence-electron chi connectivity index (χ0n) is 31.7. The molecule has 26 heteroatoms. The van der Waals surface area contributed by atoms with Crippen molar-refractivity contribution < 1.29 is 83.2 Å². The van der Waals surface area contributed by atoms with Crippen molar-refractivity contribution in [3.05, 3.63) is 48.3 Å². The van der Waals surface area contributed by atoms with Crippen LogP contribution in [0.2, 0.25) is 0 Å². The average molecular weight is 894 g/mol. The van der Waals surface area contributed by atoms with E-state index in [1.165, 1.54) is 11.0 Å². The second kappa shape index (κ2) is 21.8. The second-order valence-corrected chi connectivity index (χ2v) is 14.4. The monoisotopic (exact) mass is 893 g/mol. The largest absolute Gasteiger partial charge is 0.573 e. The Hall–Kier alpha value is -5.37. The van der Waals surface area contributed by atoms with Gasteiger partial charge in [-0.05, 0) is 75.7 Å². The second-order valence-electron chi connectivity index (χ2n) is 13.1. The highest BCUT2D eigenvalue weighted by molar-refractivity contribution is 7.99. The third kappa shape index (κ3) is 16.7. The number of aliphatic carboxylic acids is 2. The summed E-state index contributed by atoms with van der Waals surface area (Å²) in [6.45, 7) is 7.21. The summed E-state index contributed by atoms with van der Waals surface area (Å²) in [5, 5.41) is 16.7. The van der Waals surface area contributed by atoms with E-state index in [0.29, 0.717) is 6.54 Å². The van der Waals surface area contributed by atoms with Crippen molar-refractivity contribution in [2.45, 2.75) is 57.5 Å². The quantitative estimate of drug-likeness (QED) is 0.201. The minimum absolute atomic E-state index is 0.00397. The van der Waals surface area contributed by atoms with E-state index in [1.54, 1.807) is 38.4 Å². The SMILES string of the molecule is CC1(C)C(=O)N(c2ccc(OC(F)(F)F)c(NC(=O)CN3CCCC3)c2)C(=O)N1Cc1ccncc1.NC(=O)CN1CCSCC1.O=C(O)C(F)(F)F.O=C(O)C(F)(F)F. The number of thioether (sulfide) groups is 1. The number of alkyl halides is 9. The molecule has 1 aromatic heterocycles. The standard InChI is InChI=1S/C24H26F3N5O4.C6H12N2OS.2C2HF3O2/c1-23(2)21(34)32(22(35)31(23)14-16-7-9-28-10-8-16)17-5-6-19(36-24(25,26)27)18(13-17)29-20(33)15-30-11-3-4-12-30;7-6(9)5-8-1-3-10-4-2-8;2*3-2(4,5)1(6)7/h5-10,13H,3-4,11-12,14-15H2,1-2H3,(H,29,33);1-5H2,(H2,7,9);2*(H,6,7). The molecule has 334 valence electrons. The van der Waals surface area contributed by atoms with Crippen molar-refractivity contribution in [1.29, 1.82) is 0 Å². The van der Waals surface area contributed by atoms with Gasteiger partial charge in [0.2, 0.25) is 11.8 Å². The first-order valence-electron chi connectivity index (χ1n) is 17.3. The first-order chi connectivity index (χ1) is 27.6. The summed E-state index contributed by atoms with van der Waals surface area (Å²) in [4.78, 5) is 77.6. The molecule has 0 aliphatic carbocycles. The number of nitrogens with zero attached hydrogens (tertiary/aromatic N) is 5. The Labute approximate surface area is 339 Å². The number of rotatable bonds is 9. The van der Waals surface area contributed by atoms with Gasteiger partial charge in [-0.3, -0.25) is 29.2 Å². The molecule has 0 spiro atoms. The predicted molar refractivity (Wildman–Crippen MR) is 195 cm³/mol. The number of carboxylic acid groups (broad SMARTS) is 2. The Kier molecular flexibility index (Phi) is 18.4. The third-order valence-corrected chi connectivity index (χ3v) is 9.11. The first-order valence-corrected chi connectivity index (χ1v) is 18.4. The van der Waals surface area contributed by atoms with Crippen LogP contribution in [0.3, 0.4) is 0 Å². The maximum atomic E-state index is 13.3. The highest BCUT2D eigenvalue weighted by Gasteiger charge is 2.52. The lowest BCUT2D eigenvalue weighted by molar-refractivity contribution is -0.274. The van der Waals surface area contributed by atoms with Crippen molar-refractivity contribution in [2.75, 3.05) is 61.0 Å².